The number of para-hydroxylation sites is 1. The van der Waals surface area contributed by atoms with Gasteiger partial charge in [0.2, 0.25) is 0 Å². The largest absolute Gasteiger partial charge is 0.418 e. The van der Waals surface area contributed by atoms with Crippen molar-refractivity contribution in [2.75, 3.05) is 0 Å². The second kappa shape index (κ2) is 16.0. The van der Waals surface area contributed by atoms with E-state index in [0.29, 0.717) is 83.2 Å². The van der Waals surface area contributed by atoms with Gasteiger partial charge in [-0.2, -0.15) is 23.7 Å². The number of nitriles is 2. The van der Waals surface area contributed by atoms with E-state index in [-0.39, 0.29) is 28.5 Å². The molecule has 0 N–H and O–H groups in total. The molecule has 318 valence electrons. The van der Waals surface area contributed by atoms with Gasteiger partial charge < -0.3 is 9.13 Å². The summed E-state index contributed by atoms with van der Waals surface area (Å²) >= 11 is 0. The topological polar surface area (TPSA) is 105 Å². The van der Waals surface area contributed by atoms with Crippen LogP contribution in [-0.2, 0) is 6.18 Å². The molecule has 0 aliphatic carbocycles. The van der Waals surface area contributed by atoms with Crippen molar-refractivity contribution in [2.45, 2.75) is 6.18 Å². The normalized spacial score (nSPS) is 11.4. The first kappa shape index (κ1) is 40.9. The van der Waals surface area contributed by atoms with Gasteiger partial charge in [0, 0.05) is 38.6 Å². The van der Waals surface area contributed by atoms with E-state index in [1.165, 1.54) is 6.07 Å². The van der Waals surface area contributed by atoms with Crippen LogP contribution in [0.4, 0.5) is 24.5 Å². The molecule has 11 aromatic rings. The maximum absolute atomic E-state index is 15.9. The fourth-order valence-corrected chi connectivity index (χ4v) is 9.06. The highest BCUT2D eigenvalue weighted by Gasteiger charge is 2.37. The van der Waals surface area contributed by atoms with Crippen molar-refractivity contribution in [3.05, 3.63) is 209 Å². The SMILES string of the molecule is [C-]#[N+]c1ccc2c(c1)c1cc([N+]#[C-])ccc1n2-c1c(-c2cc(-c3nc(-c4ccccc4)nc(-c4ccccc4)n3)ccc2-n2c3ccc(C#N)cc3c3cc(C#N)ccc32)cccc1C(F)(F)F. The Bertz CT molecular complexity index is 3870. The zero-order valence-corrected chi connectivity index (χ0v) is 35.3. The van der Waals surface area contributed by atoms with Gasteiger partial charge in [0.05, 0.1) is 75.4 Å². The molecule has 0 unspecified atom stereocenters. The third-order valence-electron chi connectivity index (χ3n) is 12.1. The smallest absolute Gasteiger partial charge is 0.309 e. The van der Waals surface area contributed by atoms with Gasteiger partial charge in [0.25, 0.3) is 0 Å². The first-order chi connectivity index (χ1) is 33.1. The molecule has 3 heterocycles. The van der Waals surface area contributed by atoms with Gasteiger partial charge >= 0.3 is 6.18 Å². The van der Waals surface area contributed by atoms with Crippen molar-refractivity contribution in [3.63, 3.8) is 0 Å². The van der Waals surface area contributed by atoms with Crippen molar-refractivity contribution < 1.29 is 13.2 Å². The zero-order valence-electron chi connectivity index (χ0n) is 35.3. The summed E-state index contributed by atoms with van der Waals surface area (Å²) in [5, 5.41) is 22.3. The van der Waals surface area contributed by atoms with Crippen LogP contribution < -0.4 is 0 Å². The van der Waals surface area contributed by atoms with Crippen LogP contribution in [0.15, 0.2) is 170 Å². The number of nitrogens with zero attached hydrogens (tertiary/aromatic N) is 9. The molecule has 9 nitrogen and oxygen atoms in total. The number of hydrogen-bond donors (Lipinski definition) is 0. The summed E-state index contributed by atoms with van der Waals surface area (Å²) in [6.07, 6.45) is -4.86. The van der Waals surface area contributed by atoms with Crippen molar-refractivity contribution >= 4 is 55.0 Å². The first-order valence-corrected chi connectivity index (χ1v) is 21.1. The molecule has 8 aromatic carbocycles. The molecule has 0 amide bonds. The molecule has 68 heavy (non-hydrogen) atoms. The Balaban J connectivity index is 1.29. The molecule has 12 heteroatoms. The Morgan fingerprint density at radius 2 is 0.926 bits per heavy atom. The molecule has 0 aliphatic rings. The molecule has 0 radical (unpaired) electrons. The zero-order chi connectivity index (χ0) is 46.7. The van der Waals surface area contributed by atoms with Crippen molar-refractivity contribution in [1.29, 1.82) is 10.5 Å². The number of alkyl halides is 3. The summed E-state index contributed by atoms with van der Waals surface area (Å²) in [7, 11) is 0. The molecule has 0 bridgehead atoms. The number of aromatic nitrogens is 5. The lowest BCUT2D eigenvalue weighted by Crippen LogP contribution is -2.12. The van der Waals surface area contributed by atoms with Crippen molar-refractivity contribution in [2.24, 2.45) is 0 Å². The van der Waals surface area contributed by atoms with E-state index >= 15 is 13.2 Å². The molecule has 0 spiro atoms. The lowest BCUT2D eigenvalue weighted by Gasteiger charge is -2.23. The predicted molar refractivity (Wildman–Crippen MR) is 257 cm³/mol. The Kier molecular flexibility index (Phi) is 9.60. The van der Waals surface area contributed by atoms with E-state index < -0.39 is 11.7 Å². The molecule has 0 saturated heterocycles. The van der Waals surface area contributed by atoms with Gasteiger partial charge in [-0.15, -0.1) is 0 Å². The molecule has 3 aromatic heterocycles. The van der Waals surface area contributed by atoms with Crippen LogP contribution >= 0.6 is 0 Å². The fraction of sp³-hybridized carbons (Fsp3) is 0.0179. The predicted octanol–water partition coefficient (Wildman–Crippen LogP) is 14.6. The minimum atomic E-state index is -4.86. The van der Waals surface area contributed by atoms with Gasteiger partial charge in [0.1, 0.15) is 0 Å². The van der Waals surface area contributed by atoms with Crippen molar-refractivity contribution in [3.8, 4) is 68.8 Å². The summed E-state index contributed by atoms with van der Waals surface area (Å²) in [4.78, 5) is 22.1. The van der Waals surface area contributed by atoms with Crippen LogP contribution in [0.3, 0.4) is 0 Å². The Morgan fingerprint density at radius 3 is 1.41 bits per heavy atom. The Morgan fingerprint density at radius 1 is 0.456 bits per heavy atom. The van der Waals surface area contributed by atoms with Gasteiger partial charge in [-0.1, -0.05) is 84.9 Å². The molecular weight excluding hydrogens is 856 g/mol. The standard InChI is InChI=1S/C56H28F3N9/c1-62-38-19-24-50-44(29-38)45-30-39(63-2)20-25-51(45)68(50)52-40(14-9-15-46(52)56(57,58)59)43-28-37(55-65-53(35-10-5-3-6-11-35)64-54(66-55)36-12-7-4-8-13-36)18-23-49(43)67-47-21-16-33(31-60)26-41(47)42-27-34(32-61)17-22-48(42)67/h3-30H. The van der Waals surface area contributed by atoms with E-state index in [0.717, 1.165) is 17.2 Å². The summed E-state index contributed by atoms with van der Waals surface area (Å²) in [6, 6.07) is 53.0. The molecule has 0 saturated carbocycles. The second-order valence-corrected chi connectivity index (χ2v) is 16.0. The van der Waals surface area contributed by atoms with Gasteiger partial charge in [-0.25, -0.2) is 24.6 Å². The average molecular weight is 884 g/mol. The van der Waals surface area contributed by atoms with Crippen LogP contribution in [0, 0.1) is 35.8 Å². The third kappa shape index (κ3) is 6.73. The fourth-order valence-electron chi connectivity index (χ4n) is 9.06. The van der Waals surface area contributed by atoms with Crippen LogP contribution in [-0.4, -0.2) is 24.1 Å². The van der Waals surface area contributed by atoms with Gasteiger partial charge in [0.15, 0.2) is 28.8 Å². The third-order valence-corrected chi connectivity index (χ3v) is 12.1. The monoisotopic (exact) mass is 883 g/mol. The van der Waals surface area contributed by atoms with E-state index in [1.54, 1.807) is 89.5 Å². The quantitative estimate of drug-likeness (QED) is 0.155. The first-order valence-electron chi connectivity index (χ1n) is 21.1. The van der Waals surface area contributed by atoms with Crippen molar-refractivity contribution in [1.82, 2.24) is 24.1 Å². The lowest BCUT2D eigenvalue weighted by molar-refractivity contribution is -0.137. The summed E-state index contributed by atoms with van der Waals surface area (Å²) < 4.78 is 51.2. The minimum Gasteiger partial charge on any atom is -0.309 e. The maximum atomic E-state index is 15.9. The van der Waals surface area contributed by atoms with Crippen LogP contribution in [0.1, 0.15) is 16.7 Å². The van der Waals surface area contributed by atoms with Gasteiger partial charge in [-0.3, -0.25) is 0 Å². The second-order valence-electron chi connectivity index (χ2n) is 16.0. The highest BCUT2D eigenvalue weighted by atomic mass is 19.4. The van der Waals surface area contributed by atoms with E-state index in [1.807, 2.05) is 77.4 Å². The van der Waals surface area contributed by atoms with E-state index in [4.69, 9.17) is 28.1 Å². The summed E-state index contributed by atoms with van der Waals surface area (Å²) in [5.74, 6) is 1.06. The highest BCUT2D eigenvalue weighted by molar-refractivity contribution is 6.13. The molecule has 11 rings (SSSR count). The van der Waals surface area contributed by atoms with Crippen LogP contribution in [0.5, 0.6) is 0 Å². The number of hydrogen-bond acceptors (Lipinski definition) is 5. The number of halogens is 3. The average Bonchev–Trinajstić information content (AvgIpc) is 3.88. The molecule has 0 atom stereocenters. The number of rotatable bonds is 6. The summed E-state index contributed by atoms with van der Waals surface area (Å²) in [5.41, 5.74) is 5.31. The minimum absolute atomic E-state index is 0.186. The molecule has 0 fully saturated rings. The van der Waals surface area contributed by atoms with E-state index in [2.05, 4.69) is 21.8 Å². The number of fused-ring (bicyclic) bond motifs is 6. The highest BCUT2D eigenvalue weighted by Crippen LogP contribution is 2.47. The molecular formula is C56H28F3N9. The van der Waals surface area contributed by atoms with Gasteiger partial charge in [-0.05, 0) is 95.7 Å². The molecule has 0 aliphatic heterocycles. The summed E-state index contributed by atoms with van der Waals surface area (Å²) in [6.45, 7) is 15.6. The van der Waals surface area contributed by atoms with Crippen LogP contribution in [0.2, 0.25) is 0 Å². The van der Waals surface area contributed by atoms with E-state index in [9.17, 15) is 10.5 Å². The maximum Gasteiger partial charge on any atom is 0.418 e. The van der Waals surface area contributed by atoms with Crippen LogP contribution in [0.25, 0.3) is 110 Å². The Labute approximate surface area is 385 Å². The lowest BCUT2D eigenvalue weighted by atomic mass is 9.95. The number of benzene rings is 8. The Hall–Kier alpha value is -9.88.